The highest BCUT2D eigenvalue weighted by Gasteiger charge is 2.16. The molecule has 0 fully saturated rings. The molecule has 404 valence electrons. The largest absolute Gasteiger partial charge is 0.462 e. The molecule has 0 aliphatic carbocycles. The second-order valence-electron chi connectivity index (χ2n) is 18.6. The van der Waals surface area contributed by atoms with Crippen LogP contribution in [0.1, 0.15) is 232 Å². The van der Waals surface area contributed by atoms with Crippen LogP contribution in [0.2, 0.25) is 0 Å². The van der Waals surface area contributed by atoms with Crippen LogP contribution in [0.5, 0.6) is 0 Å². The van der Waals surface area contributed by atoms with Crippen molar-refractivity contribution in [2.24, 2.45) is 0 Å². The van der Waals surface area contributed by atoms with Crippen molar-refractivity contribution in [2.75, 3.05) is 13.2 Å². The summed E-state index contributed by atoms with van der Waals surface area (Å²) in [6, 6.07) is 0. The first kappa shape index (κ1) is 67.5. The predicted octanol–water partition coefficient (Wildman–Crippen LogP) is 20.0. The van der Waals surface area contributed by atoms with E-state index in [1.54, 1.807) is 0 Å². The predicted molar refractivity (Wildman–Crippen MR) is 315 cm³/mol. The van der Waals surface area contributed by atoms with Crippen LogP contribution < -0.4 is 0 Å². The quantitative estimate of drug-likeness (QED) is 0.0373. The molecule has 0 rings (SSSR count). The number of rotatable bonds is 51. The molecule has 0 amide bonds. The molecule has 1 atom stereocenters. The van der Waals surface area contributed by atoms with Crippen LogP contribution in [0.15, 0.2) is 158 Å². The van der Waals surface area contributed by atoms with Gasteiger partial charge >= 0.3 is 11.9 Å². The lowest BCUT2D eigenvalue weighted by Gasteiger charge is -2.15. The topological polar surface area (TPSA) is 72.8 Å². The van der Waals surface area contributed by atoms with E-state index in [4.69, 9.17) is 9.47 Å². The third-order valence-corrected chi connectivity index (χ3v) is 11.8. The van der Waals surface area contributed by atoms with Crippen molar-refractivity contribution < 1.29 is 24.2 Å². The second kappa shape index (κ2) is 60.8. The van der Waals surface area contributed by atoms with E-state index in [-0.39, 0.29) is 31.6 Å². The molecule has 0 aromatic rings. The average molecular weight is 992 g/mol. The van der Waals surface area contributed by atoms with Gasteiger partial charge in [-0.2, -0.15) is 0 Å². The summed E-state index contributed by atoms with van der Waals surface area (Å²) in [6.07, 6.45) is 93.8. The molecule has 0 aromatic carbocycles. The van der Waals surface area contributed by atoms with Gasteiger partial charge in [-0.15, -0.1) is 0 Å². The van der Waals surface area contributed by atoms with Gasteiger partial charge in [-0.05, 0) is 109 Å². The summed E-state index contributed by atoms with van der Waals surface area (Å²) >= 11 is 0. The molecule has 0 aromatic heterocycles. The Balaban J connectivity index is 3.56. The number of carbonyl (C=O) groups is 2. The minimum absolute atomic E-state index is 0.113. The van der Waals surface area contributed by atoms with Crippen molar-refractivity contribution in [1.82, 2.24) is 0 Å². The van der Waals surface area contributed by atoms with E-state index in [0.29, 0.717) is 12.8 Å². The van der Waals surface area contributed by atoms with Gasteiger partial charge in [-0.3, -0.25) is 9.59 Å². The fourth-order valence-corrected chi connectivity index (χ4v) is 7.56. The Bertz CT molecular complexity index is 1590. The van der Waals surface area contributed by atoms with Gasteiger partial charge in [-0.1, -0.05) is 268 Å². The first-order valence-electron chi connectivity index (χ1n) is 29.0. The highest BCUT2D eigenvalue weighted by atomic mass is 16.6. The highest BCUT2D eigenvalue weighted by molar-refractivity contribution is 5.70. The Morgan fingerprint density at radius 3 is 0.889 bits per heavy atom. The Labute approximate surface area is 443 Å². The molecule has 5 heteroatoms. The van der Waals surface area contributed by atoms with Crippen molar-refractivity contribution in [1.29, 1.82) is 0 Å². The maximum absolute atomic E-state index is 12.3. The molecule has 0 bridgehead atoms. The standard InChI is InChI=1S/C67H106O5/c1-3-5-7-9-11-13-15-17-19-21-23-24-25-26-27-28-29-30-31-32-33-34-35-36-37-38-39-40-41-42-44-46-48-50-52-54-56-58-60-62-67(70)72-65(63-68)64-71-66(69)61-59-57-55-53-51-49-47-45-43-22-20-18-16-14-12-10-8-6-4-2/h5-8,11-14,17-20,23-24,26-27,29-30,32-33,43,45,49,51,55,57,65,68H,3-4,9-10,15-16,21-22,25,28,31,34-42,44,46-48,50,52-54,56,58-64H2,1-2H3/b7-5-,8-6-,13-11-,14-12-,19-17-,20-18-,24-23-,27-26-,30-29-,33-32-,45-43-,51-49-,57-55-. The van der Waals surface area contributed by atoms with Gasteiger partial charge in [0, 0.05) is 12.8 Å². The minimum Gasteiger partial charge on any atom is -0.462 e. The number of ether oxygens (including phenoxy) is 2. The fourth-order valence-electron chi connectivity index (χ4n) is 7.56. The summed E-state index contributed by atoms with van der Waals surface area (Å²) in [5, 5.41) is 9.64. The van der Waals surface area contributed by atoms with Crippen LogP contribution in [0, 0.1) is 0 Å². The summed E-state index contributed by atoms with van der Waals surface area (Å²) in [5.41, 5.74) is 0. The molecule has 5 nitrogen and oxygen atoms in total. The lowest BCUT2D eigenvalue weighted by molar-refractivity contribution is -0.161. The summed E-state index contributed by atoms with van der Waals surface area (Å²) in [7, 11) is 0. The molecule has 0 aliphatic heterocycles. The summed E-state index contributed by atoms with van der Waals surface area (Å²) in [4.78, 5) is 24.5. The van der Waals surface area contributed by atoms with Gasteiger partial charge in [0.1, 0.15) is 6.61 Å². The van der Waals surface area contributed by atoms with E-state index in [1.165, 1.54) is 96.3 Å². The molecule has 0 saturated heterocycles. The summed E-state index contributed by atoms with van der Waals surface area (Å²) in [6.45, 7) is 3.84. The first-order chi connectivity index (χ1) is 35.6. The molecular formula is C67H106O5. The molecule has 1 N–H and O–H groups in total. The summed E-state index contributed by atoms with van der Waals surface area (Å²) in [5.74, 6) is -0.694. The smallest absolute Gasteiger partial charge is 0.306 e. The average Bonchev–Trinajstić information content (AvgIpc) is 3.38. The fraction of sp³-hybridized carbons (Fsp3) is 0.582. The van der Waals surface area contributed by atoms with Gasteiger partial charge in [0.25, 0.3) is 0 Å². The van der Waals surface area contributed by atoms with E-state index in [9.17, 15) is 14.7 Å². The molecule has 0 radical (unpaired) electrons. The van der Waals surface area contributed by atoms with Gasteiger partial charge in [-0.25, -0.2) is 0 Å². The molecule has 0 heterocycles. The van der Waals surface area contributed by atoms with E-state index < -0.39 is 6.10 Å². The molecule has 0 spiro atoms. The minimum atomic E-state index is -0.813. The Morgan fingerprint density at radius 2 is 0.583 bits per heavy atom. The summed E-state index contributed by atoms with van der Waals surface area (Å²) < 4.78 is 10.6. The normalized spacial score (nSPS) is 13.4. The lowest BCUT2D eigenvalue weighted by atomic mass is 10.0. The zero-order valence-corrected chi connectivity index (χ0v) is 46.1. The zero-order chi connectivity index (χ0) is 52.0. The monoisotopic (exact) mass is 991 g/mol. The number of hydrogen-bond acceptors (Lipinski definition) is 5. The molecule has 0 saturated carbocycles. The van der Waals surface area contributed by atoms with Crippen LogP contribution in [-0.2, 0) is 19.1 Å². The maximum atomic E-state index is 12.3. The van der Waals surface area contributed by atoms with E-state index >= 15 is 0 Å². The van der Waals surface area contributed by atoms with E-state index in [1.807, 2.05) is 12.2 Å². The third kappa shape index (κ3) is 58.1. The van der Waals surface area contributed by atoms with Crippen molar-refractivity contribution >= 4 is 11.9 Å². The first-order valence-corrected chi connectivity index (χ1v) is 29.0. The SMILES string of the molecule is CC/C=C\C/C=C\C/C=C\C/C=C\C/C=C\C/C=C\C/C=C\CCCCCCCCCCCCCCCCCCCC(=O)OC(CO)COC(=O)CC/C=C\C/C=C\C/C=C\C/C=C\C/C=C\C/C=C\CC. The Kier molecular flexibility index (Phi) is 57.0. The van der Waals surface area contributed by atoms with Crippen LogP contribution in [0.25, 0.3) is 0 Å². The van der Waals surface area contributed by atoms with Crippen LogP contribution in [-0.4, -0.2) is 36.4 Å². The number of hydrogen-bond donors (Lipinski definition) is 1. The number of unbranched alkanes of at least 4 members (excludes halogenated alkanes) is 17. The van der Waals surface area contributed by atoms with Gasteiger partial charge in [0.2, 0.25) is 0 Å². The molecule has 1 unspecified atom stereocenters. The number of carbonyl (C=O) groups excluding carboxylic acids is 2. The van der Waals surface area contributed by atoms with Crippen LogP contribution in [0.3, 0.4) is 0 Å². The third-order valence-electron chi connectivity index (χ3n) is 11.8. The van der Waals surface area contributed by atoms with Crippen molar-refractivity contribution in [3.63, 3.8) is 0 Å². The lowest BCUT2D eigenvalue weighted by Crippen LogP contribution is -2.28. The van der Waals surface area contributed by atoms with Crippen LogP contribution >= 0.6 is 0 Å². The van der Waals surface area contributed by atoms with Gasteiger partial charge in [0.15, 0.2) is 6.10 Å². The molecule has 72 heavy (non-hydrogen) atoms. The van der Waals surface area contributed by atoms with Crippen molar-refractivity contribution in [2.45, 2.75) is 238 Å². The number of esters is 2. The van der Waals surface area contributed by atoms with Crippen molar-refractivity contribution in [3.05, 3.63) is 158 Å². The van der Waals surface area contributed by atoms with Gasteiger partial charge < -0.3 is 14.6 Å². The van der Waals surface area contributed by atoms with Crippen LogP contribution in [0.4, 0.5) is 0 Å². The maximum Gasteiger partial charge on any atom is 0.306 e. The molecular weight excluding hydrogens is 885 g/mol. The molecule has 0 aliphatic rings. The number of allylic oxidation sites excluding steroid dienone is 26. The van der Waals surface area contributed by atoms with Crippen molar-refractivity contribution in [3.8, 4) is 0 Å². The second-order valence-corrected chi connectivity index (χ2v) is 18.6. The highest BCUT2D eigenvalue weighted by Crippen LogP contribution is 2.15. The van der Waals surface area contributed by atoms with E-state index in [0.717, 1.165) is 103 Å². The Morgan fingerprint density at radius 1 is 0.319 bits per heavy atom. The van der Waals surface area contributed by atoms with Gasteiger partial charge in [0.05, 0.1) is 6.61 Å². The number of aliphatic hydroxyl groups excluding tert-OH is 1. The number of aliphatic hydroxyl groups is 1. The van der Waals surface area contributed by atoms with E-state index in [2.05, 4.69) is 160 Å². The zero-order valence-electron chi connectivity index (χ0n) is 46.1. The Hall–Kier alpha value is -4.48.